The molecule has 0 spiro atoms. The summed E-state index contributed by atoms with van der Waals surface area (Å²) in [6, 6.07) is 3.03. The molecule has 0 bridgehead atoms. The van der Waals surface area contributed by atoms with Crippen LogP contribution >= 0.6 is 0 Å². The Labute approximate surface area is 87.0 Å². The lowest BCUT2D eigenvalue weighted by molar-refractivity contribution is 0.0660. The summed E-state index contributed by atoms with van der Waals surface area (Å²) in [6.07, 6.45) is 0. The zero-order chi connectivity index (χ0) is 11.3. The Morgan fingerprint density at radius 3 is 2.80 bits per heavy atom. The SMILES string of the molecule is CN=C(NC)NCc1ccc(C(=O)O)o1. The lowest BCUT2D eigenvalue weighted by Crippen LogP contribution is -2.33. The van der Waals surface area contributed by atoms with E-state index in [9.17, 15) is 4.79 Å². The lowest BCUT2D eigenvalue weighted by atomic mass is 10.4. The summed E-state index contributed by atoms with van der Waals surface area (Å²) in [4.78, 5) is 14.4. The normalized spacial score (nSPS) is 11.2. The van der Waals surface area contributed by atoms with E-state index in [1.54, 1.807) is 20.2 Å². The number of carboxylic acids is 1. The van der Waals surface area contributed by atoms with E-state index in [1.165, 1.54) is 6.07 Å². The van der Waals surface area contributed by atoms with Crippen molar-refractivity contribution in [1.82, 2.24) is 10.6 Å². The van der Waals surface area contributed by atoms with Crippen LogP contribution in [-0.2, 0) is 6.54 Å². The van der Waals surface area contributed by atoms with Gasteiger partial charge >= 0.3 is 5.97 Å². The second-order valence-corrected chi connectivity index (χ2v) is 2.75. The van der Waals surface area contributed by atoms with Crippen LogP contribution in [0.5, 0.6) is 0 Å². The average molecular weight is 211 g/mol. The monoisotopic (exact) mass is 211 g/mol. The van der Waals surface area contributed by atoms with Gasteiger partial charge in [0.2, 0.25) is 5.76 Å². The molecule has 0 radical (unpaired) electrons. The summed E-state index contributed by atoms with van der Waals surface area (Å²) in [5.74, 6) is 0.0255. The molecule has 15 heavy (non-hydrogen) atoms. The first-order chi connectivity index (χ1) is 7.17. The smallest absolute Gasteiger partial charge is 0.371 e. The fourth-order valence-corrected chi connectivity index (χ4v) is 1.04. The number of aromatic carboxylic acids is 1. The van der Waals surface area contributed by atoms with Crippen LogP contribution in [0.2, 0.25) is 0 Å². The summed E-state index contributed by atoms with van der Waals surface area (Å²) in [7, 11) is 3.38. The van der Waals surface area contributed by atoms with Gasteiger partial charge in [0.15, 0.2) is 5.96 Å². The van der Waals surface area contributed by atoms with E-state index in [2.05, 4.69) is 15.6 Å². The molecule has 0 atom stereocenters. The number of aliphatic imine (C=N–C) groups is 1. The minimum atomic E-state index is -1.07. The highest BCUT2D eigenvalue weighted by molar-refractivity contribution is 5.84. The number of carbonyl (C=O) groups is 1. The molecule has 0 saturated carbocycles. The highest BCUT2D eigenvalue weighted by Gasteiger charge is 2.08. The second-order valence-electron chi connectivity index (χ2n) is 2.75. The van der Waals surface area contributed by atoms with Crippen molar-refractivity contribution in [3.63, 3.8) is 0 Å². The molecule has 1 aromatic heterocycles. The molecule has 6 nitrogen and oxygen atoms in total. The van der Waals surface area contributed by atoms with Gasteiger partial charge in [-0.15, -0.1) is 0 Å². The second kappa shape index (κ2) is 5.04. The topological polar surface area (TPSA) is 86.9 Å². The summed E-state index contributed by atoms with van der Waals surface area (Å²) in [5.41, 5.74) is 0. The maximum absolute atomic E-state index is 10.5. The van der Waals surface area contributed by atoms with Crippen LogP contribution in [0.25, 0.3) is 0 Å². The van der Waals surface area contributed by atoms with Gasteiger partial charge in [0.05, 0.1) is 6.54 Å². The predicted octanol–water partition coefficient (Wildman–Crippen LogP) is 0.273. The van der Waals surface area contributed by atoms with E-state index >= 15 is 0 Å². The summed E-state index contributed by atoms with van der Waals surface area (Å²) in [5, 5.41) is 14.4. The number of carboxylic acid groups (broad SMARTS) is 1. The first-order valence-corrected chi connectivity index (χ1v) is 4.37. The van der Waals surface area contributed by atoms with E-state index in [1.807, 2.05) is 0 Å². The van der Waals surface area contributed by atoms with Crippen molar-refractivity contribution < 1.29 is 14.3 Å². The predicted molar refractivity (Wildman–Crippen MR) is 54.9 cm³/mol. The van der Waals surface area contributed by atoms with Crippen molar-refractivity contribution in [2.75, 3.05) is 14.1 Å². The largest absolute Gasteiger partial charge is 0.475 e. The number of hydrogen-bond acceptors (Lipinski definition) is 3. The third-order valence-corrected chi connectivity index (χ3v) is 1.76. The molecule has 3 N–H and O–H groups in total. The molecular weight excluding hydrogens is 198 g/mol. The Bertz CT molecular complexity index is 370. The van der Waals surface area contributed by atoms with Gasteiger partial charge in [0, 0.05) is 14.1 Å². The van der Waals surface area contributed by atoms with Crippen LogP contribution in [0.15, 0.2) is 21.5 Å². The van der Waals surface area contributed by atoms with Gasteiger partial charge in [-0.25, -0.2) is 4.79 Å². The molecule has 1 aromatic rings. The standard InChI is InChI=1S/C9H13N3O3/c1-10-9(11-2)12-5-6-3-4-7(15-6)8(13)14/h3-4H,5H2,1-2H3,(H,13,14)(H2,10,11,12). The van der Waals surface area contributed by atoms with Gasteiger partial charge in [0.1, 0.15) is 5.76 Å². The molecule has 0 aliphatic rings. The van der Waals surface area contributed by atoms with E-state index < -0.39 is 5.97 Å². The first-order valence-electron chi connectivity index (χ1n) is 4.37. The van der Waals surface area contributed by atoms with E-state index in [-0.39, 0.29) is 5.76 Å². The van der Waals surface area contributed by atoms with Crippen LogP contribution in [0.3, 0.4) is 0 Å². The van der Waals surface area contributed by atoms with Crippen molar-refractivity contribution in [1.29, 1.82) is 0 Å². The Morgan fingerprint density at radius 2 is 2.33 bits per heavy atom. The van der Waals surface area contributed by atoms with Gasteiger partial charge in [-0.05, 0) is 12.1 Å². The molecule has 0 fully saturated rings. The van der Waals surface area contributed by atoms with Gasteiger partial charge in [0.25, 0.3) is 0 Å². The average Bonchev–Trinajstić information content (AvgIpc) is 2.68. The molecule has 0 amide bonds. The molecule has 0 aliphatic heterocycles. The minimum absolute atomic E-state index is 0.0637. The van der Waals surface area contributed by atoms with Crippen LogP contribution in [0, 0.1) is 0 Å². The number of nitrogens with one attached hydrogen (secondary N) is 2. The maximum Gasteiger partial charge on any atom is 0.371 e. The molecule has 0 unspecified atom stereocenters. The third kappa shape index (κ3) is 3.01. The maximum atomic E-state index is 10.5. The highest BCUT2D eigenvalue weighted by atomic mass is 16.4. The van der Waals surface area contributed by atoms with E-state index in [0.29, 0.717) is 18.3 Å². The Morgan fingerprint density at radius 1 is 1.60 bits per heavy atom. The van der Waals surface area contributed by atoms with E-state index in [4.69, 9.17) is 9.52 Å². The molecule has 0 aromatic carbocycles. The third-order valence-electron chi connectivity index (χ3n) is 1.76. The van der Waals surface area contributed by atoms with Crippen LogP contribution < -0.4 is 10.6 Å². The molecular formula is C9H13N3O3. The van der Waals surface area contributed by atoms with Gasteiger partial charge in [-0.1, -0.05) is 0 Å². The molecule has 6 heteroatoms. The molecule has 0 aliphatic carbocycles. The quantitative estimate of drug-likeness (QED) is 0.493. The van der Waals surface area contributed by atoms with Crippen LogP contribution in [-0.4, -0.2) is 31.1 Å². The number of guanidine groups is 1. The Balaban J connectivity index is 2.54. The molecule has 1 rings (SSSR count). The number of nitrogens with zero attached hydrogens (tertiary/aromatic N) is 1. The van der Waals surface area contributed by atoms with Crippen molar-refractivity contribution in [3.05, 3.63) is 23.7 Å². The van der Waals surface area contributed by atoms with Gasteiger partial charge in [-0.3, -0.25) is 4.99 Å². The van der Waals surface area contributed by atoms with Crippen LogP contribution in [0.1, 0.15) is 16.3 Å². The summed E-state index contributed by atoms with van der Waals surface area (Å²) in [6.45, 7) is 0.390. The fraction of sp³-hybridized carbons (Fsp3) is 0.333. The van der Waals surface area contributed by atoms with Crippen molar-refractivity contribution in [3.8, 4) is 0 Å². The van der Waals surface area contributed by atoms with Gasteiger partial charge < -0.3 is 20.2 Å². The minimum Gasteiger partial charge on any atom is -0.475 e. The van der Waals surface area contributed by atoms with Crippen molar-refractivity contribution >= 4 is 11.9 Å². The first kappa shape index (κ1) is 11.1. The molecule has 0 saturated heterocycles. The summed E-state index contributed by atoms with van der Waals surface area (Å²) < 4.78 is 5.04. The fourth-order valence-electron chi connectivity index (χ4n) is 1.04. The number of rotatable bonds is 3. The van der Waals surface area contributed by atoms with Crippen LogP contribution in [0.4, 0.5) is 0 Å². The number of furan rings is 1. The van der Waals surface area contributed by atoms with E-state index in [0.717, 1.165) is 0 Å². The number of hydrogen-bond donors (Lipinski definition) is 3. The highest BCUT2D eigenvalue weighted by Crippen LogP contribution is 2.06. The zero-order valence-corrected chi connectivity index (χ0v) is 8.57. The zero-order valence-electron chi connectivity index (χ0n) is 8.57. The summed E-state index contributed by atoms with van der Waals surface area (Å²) >= 11 is 0. The lowest BCUT2D eigenvalue weighted by Gasteiger charge is -2.05. The Hall–Kier alpha value is -1.98. The molecule has 1 heterocycles. The Kier molecular flexibility index (Phi) is 3.73. The van der Waals surface area contributed by atoms with Gasteiger partial charge in [-0.2, -0.15) is 0 Å². The van der Waals surface area contributed by atoms with Crippen molar-refractivity contribution in [2.45, 2.75) is 6.54 Å². The molecule has 82 valence electrons. The van der Waals surface area contributed by atoms with Crippen molar-refractivity contribution in [2.24, 2.45) is 4.99 Å².